The van der Waals surface area contributed by atoms with Crippen LogP contribution in [0.25, 0.3) is 0 Å². The van der Waals surface area contributed by atoms with E-state index in [1.807, 2.05) is 0 Å². The highest BCUT2D eigenvalue weighted by atomic mass is 16.6. The number of carbonyl (C=O) groups excluding carboxylic acids is 3. The number of esters is 3. The standard InChI is InChI=1S/C51H98O6/c1-4-7-10-13-16-19-22-24-25-26-27-28-30-33-36-39-42-45-51(54)57-48(46-55-49(52)43-40-37-34-31-21-18-15-12-9-6-3)47-56-50(53)44-41-38-35-32-29-23-20-17-14-11-8-5-2/h48H,4-47H2,1-3H3/t48-/m0/s1. The number of carbonyl (C=O) groups is 3. The Kier molecular flexibility index (Phi) is 45.8. The van der Waals surface area contributed by atoms with E-state index in [-0.39, 0.29) is 31.1 Å². The summed E-state index contributed by atoms with van der Waals surface area (Å²) in [7, 11) is 0. The van der Waals surface area contributed by atoms with E-state index in [1.165, 1.54) is 193 Å². The summed E-state index contributed by atoms with van der Waals surface area (Å²) in [6.45, 7) is 6.66. The van der Waals surface area contributed by atoms with Crippen LogP contribution in [0.2, 0.25) is 0 Å². The van der Waals surface area contributed by atoms with Crippen LogP contribution >= 0.6 is 0 Å². The van der Waals surface area contributed by atoms with Crippen LogP contribution in [0.3, 0.4) is 0 Å². The van der Waals surface area contributed by atoms with Crippen LogP contribution in [0.1, 0.15) is 290 Å². The van der Waals surface area contributed by atoms with Gasteiger partial charge in [-0.3, -0.25) is 14.4 Å². The molecular formula is C51H98O6. The second-order valence-corrected chi connectivity index (χ2v) is 17.5. The first-order valence-corrected chi connectivity index (χ1v) is 25.5. The van der Waals surface area contributed by atoms with Crippen LogP contribution in [0.15, 0.2) is 0 Å². The lowest BCUT2D eigenvalue weighted by Gasteiger charge is -2.18. The number of ether oxygens (including phenoxy) is 3. The van der Waals surface area contributed by atoms with E-state index in [9.17, 15) is 14.4 Å². The Labute approximate surface area is 355 Å². The van der Waals surface area contributed by atoms with Crippen LogP contribution in [0.5, 0.6) is 0 Å². The van der Waals surface area contributed by atoms with Gasteiger partial charge in [-0.1, -0.05) is 252 Å². The van der Waals surface area contributed by atoms with Gasteiger partial charge in [-0.05, 0) is 19.3 Å². The average molecular weight is 807 g/mol. The van der Waals surface area contributed by atoms with E-state index >= 15 is 0 Å². The van der Waals surface area contributed by atoms with Crippen LogP contribution in [-0.4, -0.2) is 37.2 Å². The molecule has 0 N–H and O–H groups in total. The molecule has 0 rings (SSSR count). The second-order valence-electron chi connectivity index (χ2n) is 17.5. The van der Waals surface area contributed by atoms with E-state index in [4.69, 9.17) is 14.2 Å². The molecule has 0 aromatic heterocycles. The number of unbranched alkanes of at least 4 members (excludes halogenated alkanes) is 36. The maximum absolute atomic E-state index is 12.8. The molecule has 338 valence electrons. The van der Waals surface area contributed by atoms with E-state index in [1.54, 1.807) is 0 Å². The summed E-state index contributed by atoms with van der Waals surface area (Å²) in [4.78, 5) is 37.8. The molecule has 6 nitrogen and oxygen atoms in total. The predicted octanol–water partition coefficient (Wildman–Crippen LogP) is 16.4. The van der Waals surface area contributed by atoms with Gasteiger partial charge in [0.15, 0.2) is 6.10 Å². The number of rotatable bonds is 47. The lowest BCUT2D eigenvalue weighted by atomic mass is 10.0. The van der Waals surface area contributed by atoms with Crippen molar-refractivity contribution < 1.29 is 28.6 Å². The molecule has 0 unspecified atom stereocenters. The molecule has 0 amide bonds. The molecule has 0 bridgehead atoms. The highest BCUT2D eigenvalue weighted by Gasteiger charge is 2.19. The van der Waals surface area contributed by atoms with Crippen molar-refractivity contribution in [3.05, 3.63) is 0 Å². The van der Waals surface area contributed by atoms with Gasteiger partial charge >= 0.3 is 17.9 Å². The first kappa shape index (κ1) is 55.4. The van der Waals surface area contributed by atoms with Crippen LogP contribution in [0.4, 0.5) is 0 Å². The summed E-state index contributed by atoms with van der Waals surface area (Å²) in [5.41, 5.74) is 0. The van der Waals surface area contributed by atoms with Crippen LogP contribution in [-0.2, 0) is 28.6 Å². The van der Waals surface area contributed by atoms with Gasteiger partial charge in [0.1, 0.15) is 13.2 Å². The van der Waals surface area contributed by atoms with Gasteiger partial charge < -0.3 is 14.2 Å². The highest BCUT2D eigenvalue weighted by Crippen LogP contribution is 2.17. The van der Waals surface area contributed by atoms with Crippen molar-refractivity contribution in [2.75, 3.05) is 13.2 Å². The number of hydrogen-bond donors (Lipinski definition) is 0. The fourth-order valence-corrected chi connectivity index (χ4v) is 7.74. The summed E-state index contributed by atoms with van der Waals surface area (Å²) in [6.07, 6.45) is 49.4. The zero-order chi connectivity index (χ0) is 41.5. The lowest BCUT2D eigenvalue weighted by Crippen LogP contribution is -2.30. The molecule has 0 aromatic carbocycles. The Balaban J connectivity index is 4.27. The van der Waals surface area contributed by atoms with E-state index in [2.05, 4.69) is 20.8 Å². The van der Waals surface area contributed by atoms with E-state index < -0.39 is 6.10 Å². The fourth-order valence-electron chi connectivity index (χ4n) is 7.74. The smallest absolute Gasteiger partial charge is 0.306 e. The molecule has 0 aliphatic heterocycles. The van der Waals surface area contributed by atoms with Gasteiger partial charge in [0.05, 0.1) is 0 Å². The molecule has 0 aliphatic carbocycles. The van der Waals surface area contributed by atoms with Crippen molar-refractivity contribution >= 4 is 17.9 Å². The molecule has 0 radical (unpaired) electrons. The van der Waals surface area contributed by atoms with Gasteiger partial charge in [-0.25, -0.2) is 0 Å². The zero-order valence-corrected chi connectivity index (χ0v) is 38.6. The van der Waals surface area contributed by atoms with Crippen molar-refractivity contribution in [3.8, 4) is 0 Å². The minimum Gasteiger partial charge on any atom is -0.462 e. The normalized spacial score (nSPS) is 11.8. The van der Waals surface area contributed by atoms with Gasteiger partial charge in [0.25, 0.3) is 0 Å². The van der Waals surface area contributed by atoms with Crippen molar-refractivity contribution in [3.63, 3.8) is 0 Å². The van der Waals surface area contributed by atoms with Crippen molar-refractivity contribution in [1.29, 1.82) is 0 Å². The molecule has 6 heteroatoms. The van der Waals surface area contributed by atoms with E-state index in [0.717, 1.165) is 57.8 Å². The van der Waals surface area contributed by atoms with Gasteiger partial charge in [-0.2, -0.15) is 0 Å². The summed E-state index contributed by atoms with van der Waals surface area (Å²) < 4.78 is 16.8. The third-order valence-electron chi connectivity index (χ3n) is 11.6. The molecule has 0 aliphatic rings. The van der Waals surface area contributed by atoms with Crippen molar-refractivity contribution in [1.82, 2.24) is 0 Å². The Morgan fingerprint density at radius 3 is 0.702 bits per heavy atom. The Hall–Kier alpha value is -1.59. The summed E-state index contributed by atoms with van der Waals surface area (Å²) in [6, 6.07) is 0. The predicted molar refractivity (Wildman–Crippen MR) is 243 cm³/mol. The maximum atomic E-state index is 12.8. The minimum atomic E-state index is -0.758. The molecule has 57 heavy (non-hydrogen) atoms. The molecule has 0 saturated carbocycles. The van der Waals surface area contributed by atoms with Crippen molar-refractivity contribution in [2.45, 2.75) is 297 Å². The van der Waals surface area contributed by atoms with Crippen LogP contribution in [0, 0.1) is 0 Å². The highest BCUT2D eigenvalue weighted by molar-refractivity contribution is 5.71. The topological polar surface area (TPSA) is 78.9 Å². The SMILES string of the molecule is CCCCCCCCCCCCCCCCCCCC(=O)O[C@@H](COC(=O)CCCCCCCCCCCC)COC(=O)CCCCCCCCCCCCCC. The Morgan fingerprint density at radius 1 is 0.281 bits per heavy atom. The maximum Gasteiger partial charge on any atom is 0.306 e. The molecule has 0 saturated heterocycles. The van der Waals surface area contributed by atoms with Crippen molar-refractivity contribution in [2.24, 2.45) is 0 Å². The van der Waals surface area contributed by atoms with Gasteiger partial charge in [0, 0.05) is 19.3 Å². The first-order chi connectivity index (χ1) is 28.0. The first-order valence-electron chi connectivity index (χ1n) is 25.5. The van der Waals surface area contributed by atoms with Gasteiger partial charge in [-0.15, -0.1) is 0 Å². The molecule has 0 aromatic rings. The molecule has 0 spiro atoms. The summed E-state index contributed by atoms with van der Waals surface area (Å²) >= 11 is 0. The molecule has 0 fully saturated rings. The monoisotopic (exact) mass is 807 g/mol. The third kappa shape index (κ3) is 45.3. The van der Waals surface area contributed by atoms with Crippen LogP contribution < -0.4 is 0 Å². The lowest BCUT2D eigenvalue weighted by molar-refractivity contribution is -0.167. The Bertz CT molecular complexity index is 844. The molecule has 1 atom stereocenters. The third-order valence-corrected chi connectivity index (χ3v) is 11.6. The molecule has 0 heterocycles. The number of hydrogen-bond acceptors (Lipinski definition) is 6. The second kappa shape index (κ2) is 47.1. The van der Waals surface area contributed by atoms with Gasteiger partial charge in [0.2, 0.25) is 0 Å². The molecular weight excluding hydrogens is 709 g/mol. The zero-order valence-electron chi connectivity index (χ0n) is 38.6. The average Bonchev–Trinajstić information content (AvgIpc) is 3.21. The Morgan fingerprint density at radius 2 is 0.474 bits per heavy atom. The quantitative estimate of drug-likeness (QED) is 0.0346. The largest absolute Gasteiger partial charge is 0.462 e. The van der Waals surface area contributed by atoms with E-state index in [0.29, 0.717) is 19.3 Å². The summed E-state index contributed by atoms with van der Waals surface area (Å²) in [5, 5.41) is 0. The minimum absolute atomic E-state index is 0.0621. The summed E-state index contributed by atoms with van der Waals surface area (Å²) in [5.74, 6) is -0.844. The fraction of sp³-hybridized carbons (Fsp3) is 0.941.